The number of benzene rings is 1. The van der Waals surface area contributed by atoms with E-state index in [9.17, 15) is 0 Å². The molecule has 0 unspecified atom stereocenters. The molecule has 0 saturated heterocycles. The van der Waals surface area contributed by atoms with Crippen molar-refractivity contribution in [2.75, 3.05) is 0 Å². The quantitative estimate of drug-likeness (QED) is 0.584. The first-order valence-corrected chi connectivity index (χ1v) is 8.75. The van der Waals surface area contributed by atoms with Gasteiger partial charge < -0.3 is 4.57 Å². The van der Waals surface area contributed by atoms with Gasteiger partial charge in [-0.05, 0) is 30.3 Å². The van der Waals surface area contributed by atoms with Crippen molar-refractivity contribution in [2.24, 2.45) is 7.05 Å². The van der Waals surface area contributed by atoms with Crippen molar-refractivity contribution in [1.82, 2.24) is 19.7 Å². The molecule has 0 spiro atoms. The van der Waals surface area contributed by atoms with E-state index in [0.29, 0.717) is 20.8 Å². The summed E-state index contributed by atoms with van der Waals surface area (Å²) >= 11 is 19.6. The fourth-order valence-corrected chi connectivity index (χ4v) is 3.40. The SMILES string of the molecule is Cn1c(SCc2nccc(Cl)c2Cl)nnc1-c1ccc(Cl)cc1. The van der Waals surface area contributed by atoms with Crippen molar-refractivity contribution in [3.8, 4) is 11.4 Å². The lowest BCUT2D eigenvalue weighted by Crippen LogP contribution is -1.96. The van der Waals surface area contributed by atoms with Crippen LogP contribution in [0.4, 0.5) is 0 Å². The zero-order valence-electron chi connectivity index (χ0n) is 12.0. The number of pyridine rings is 1. The van der Waals surface area contributed by atoms with Crippen LogP contribution in [0.2, 0.25) is 15.1 Å². The van der Waals surface area contributed by atoms with Crippen LogP contribution in [0.3, 0.4) is 0 Å². The Morgan fingerprint density at radius 1 is 1.04 bits per heavy atom. The maximum atomic E-state index is 6.15. The Bertz CT molecular complexity index is 833. The summed E-state index contributed by atoms with van der Waals surface area (Å²) in [5.74, 6) is 1.33. The average molecular weight is 386 g/mol. The third kappa shape index (κ3) is 3.63. The van der Waals surface area contributed by atoms with Crippen LogP contribution in [0.5, 0.6) is 0 Å². The second kappa shape index (κ2) is 7.09. The van der Waals surface area contributed by atoms with E-state index in [1.165, 1.54) is 11.8 Å². The van der Waals surface area contributed by atoms with Gasteiger partial charge in [-0.15, -0.1) is 10.2 Å². The maximum Gasteiger partial charge on any atom is 0.191 e. The van der Waals surface area contributed by atoms with Crippen molar-refractivity contribution in [3.63, 3.8) is 0 Å². The smallest absolute Gasteiger partial charge is 0.191 e. The summed E-state index contributed by atoms with van der Waals surface area (Å²) in [5.41, 5.74) is 1.68. The molecule has 0 aliphatic carbocycles. The maximum absolute atomic E-state index is 6.15. The highest BCUT2D eigenvalue weighted by Crippen LogP contribution is 2.30. The predicted molar refractivity (Wildman–Crippen MR) is 95.3 cm³/mol. The minimum absolute atomic E-state index is 0.474. The minimum Gasteiger partial charge on any atom is -0.305 e. The van der Waals surface area contributed by atoms with Crippen LogP contribution in [-0.2, 0) is 12.8 Å². The topological polar surface area (TPSA) is 43.6 Å². The molecular weight excluding hydrogens is 375 g/mol. The summed E-state index contributed by atoms with van der Waals surface area (Å²) in [6, 6.07) is 9.15. The van der Waals surface area contributed by atoms with Crippen LogP contribution in [0.1, 0.15) is 5.69 Å². The van der Waals surface area contributed by atoms with Gasteiger partial charge in [-0.3, -0.25) is 4.98 Å². The van der Waals surface area contributed by atoms with E-state index in [1.54, 1.807) is 12.3 Å². The first-order chi connectivity index (χ1) is 11.1. The third-order valence-corrected chi connectivity index (χ3v) is 5.31. The molecule has 118 valence electrons. The summed E-state index contributed by atoms with van der Waals surface area (Å²) in [7, 11) is 1.92. The molecular formula is C15H11Cl3N4S. The molecule has 0 aliphatic heterocycles. The van der Waals surface area contributed by atoms with Crippen LogP contribution < -0.4 is 0 Å². The molecule has 0 fully saturated rings. The van der Waals surface area contributed by atoms with Gasteiger partial charge in [0.2, 0.25) is 0 Å². The Balaban J connectivity index is 1.80. The molecule has 2 aromatic heterocycles. The van der Waals surface area contributed by atoms with Crippen LogP contribution in [0.25, 0.3) is 11.4 Å². The van der Waals surface area contributed by atoms with E-state index < -0.39 is 0 Å². The second-order valence-electron chi connectivity index (χ2n) is 4.71. The average Bonchev–Trinajstić information content (AvgIpc) is 2.91. The van der Waals surface area contributed by atoms with Crippen molar-refractivity contribution >= 4 is 46.6 Å². The lowest BCUT2D eigenvalue weighted by molar-refractivity contribution is 0.793. The van der Waals surface area contributed by atoms with Gasteiger partial charge in [-0.2, -0.15) is 0 Å². The molecule has 0 N–H and O–H groups in total. The predicted octanol–water partition coefficient (Wildman–Crippen LogP) is 5.13. The molecule has 0 bridgehead atoms. The summed E-state index contributed by atoms with van der Waals surface area (Å²) in [5, 5.41) is 10.9. The summed E-state index contributed by atoms with van der Waals surface area (Å²) in [4.78, 5) is 4.25. The fourth-order valence-electron chi connectivity index (χ4n) is 1.98. The van der Waals surface area contributed by atoms with Gasteiger partial charge >= 0.3 is 0 Å². The Labute approximate surface area is 152 Å². The van der Waals surface area contributed by atoms with Gasteiger partial charge in [-0.25, -0.2) is 0 Å². The number of hydrogen-bond acceptors (Lipinski definition) is 4. The standard InChI is InChI=1S/C15H11Cl3N4S/c1-22-14(9-2-4-10(16)5-3-9)20-21-15(22)23-8-12-13(18)11(17)6-7-19-12/h2-7H,8H2,1H3. The van der Waals surface area contributed by atoms with Gasteiger partial charge in [0, 0.05) is 29.6 Å². The Morgan fingerprint density at radius 3 is 2.52 bits per heavy atom. The molecule has 0 aliphatic rings. The first kappa shape index (κ1) is 16.6. The Morgan fingerprint density at radius 2 is 1.78 bits per heavy atom. The summed E-state index contributed by atoms with van der Waals surface area (Å²) in [6.45, 7) is 0. The van der Waals surface area contributed by atoms with Crippen LogP contribution in [0.15, 0.2) is 41.7 Å². The monoisotopic (exact) mass is 384 g/mol. The zero-order valence-corrected chi connectivity index (χ0v) is 15.1. The molecule has 0 amide bonds. The first-order valence-electron chi connectivity index (χ1n) is 6.63. The molecule has 3 aromatic rings. The third-order valence-electron chi connectivity index (χ3n) is 3.19. The number of aromatic nitrogens is 4. The van der Waals surface area contributed by atoms with E-state index >= 15 is 0 Å². The lowest BCUT2D eigenvalue weighted by atomic mass is 10.2. The zero-order chi connectivity index (χ0) is 16.4. The molecule has 4 nitrogen and oxygen atoms in total. The van der Waals surface area contributed by atoms with E-state index in [-0.39, 0.29) is 0 Å². The summed E-state index contributed by atoms with van der Waals surface area (Å²) < 4.78 is 1.92. The Hall–Kier alpha value is -1.27. The molecule has 3 rings (SSSR count). The molecule has 0 atom stereocenters. The van der Waals surface area contributed by atoms with E-state index in [0.717, 1.165) is 22.2 Å². The number of rotatable bonds is 4. The van der Waals surface area contributed by atoms with Gasteiger partial charge in [0.1, 0.15) is 0 Å². The highest BCUT2D eigenvalue weighted by atomic mass is 35.5. The van der Waals surface area contributed by atoms with Crippen LogP contribution in [0, 0.1) is 0 Å². The summed E-state index contributed by atoms with van der Waals surface area (Å²) in [6.07, 6.45) is 1.64. The van der Waals surface area contributed by atoms with Gasteiger partial charge in [0.15, 0.2) is 11.0 Å². The van der Waals surface area contributed by atoms with Crippen molar-refractivity contribution < 1.29 is 0 Å². The van der Waals surface area contributed by atoms with Gasteiger partial charge in [0.25, 0.3) is 0 Å². The molecule has 1 aromatic carbocycles. The molecule has 2 heterocycles. The van der Waals surface area contributed by atoms with E-state index in [1.807, 2.05) is 35.9 Å². The highest BCUT2D eigenvalue weighted by Gasteiger charge is 2.13. The van der Waals surface area contributed by atoms with E-state index in [4.69, 9.17) is 34.8 Å². The Kier molecular flexibility index (Phi) is 5.11. The van der Waals surface area contributed by atoms with Gasteiger partial charge in [0.05, 0.1) is 15.7 Å². The molecule has 23 heavy (non-hydrogen) atoms. The highest BCUT2D eigenvalue weighted by molar-refractivity contribution is 7.98. The number of thioether (sulfide) groups is 1. The number of halogens is 3. The lowest BCUT2D eigenvalue weighted by Gasteiger charge is -2.05. The largest absolute Gasteiger partial charge is 0.305 e. The van der Waals surface area contributed by atoms with Gasteiger partial charge in [-0.1, -0.05) is 46.6 Å². The number of nitrogens with zero attached hydrogens (tertiary/aromatic N) is 4. The molecule has 0 radical (unpaired) electrons. The van der Waals surface area contributed by atoms with Crippen molar-refractivity contribution in [1.29, 1.82) is 0 Å². The van der Waals surface area contributed by atoms with Crippen molar-refractivity contribution in [3.05, 3.63) is 57.3 Å². The van der Waals surface area contributed by atoms with Crippen LogP contribution in [-0.4, -0.2) is 19.7 Å². The number of hydrogen-bond donors (Lipinski definition) is 0. The minimum atomic E-state index is 0.474. The molecule has 0 saturated carbocycles. The van der Waals surface area contributed by atoms with E-state index in [2.05, 4.69) is 15.2 Å². The van der Waals surface area contributed by atoms with Crippen LogP contribution >= 0.6 is 46.6 Å². The fraction of sp³-hybridized carbons (Fsp3) is 0.133. The molecule has 8 heteroatoms. The second-order valence-corrected chi connectivity index (χ2v) is 6.88. The normalized spacial score (nSPS) is 11.0. The van der Waals surface area contributed by atoms with Crippen molar-refractivity contribution in [2.45, 2.75) is 10.9 Å².